The first-order valence-corrected chi connectivity index (χ1v) is 8.66. The van der Waals surface area contributed by atoms with E-state index in [4.69, 9.17) is 23.2 Å². The van der Waals surface area contributed by atoms with Gasteiger partial charge in [-0.05, 0) is 19.1 Å². The Hall–Kier alpha value is -2.50. The average molecular weight is 480 g/mol. The summed E-state index contributed by atoms with van der Waals surface area (Å²) >= 11 is 15.6. The van der Waals surface area contributed by atoms with E-state index in [9.17, 15) is 30.3 Å². The summed E-state index contributed by atoms with van der Waals surface area (Å²) in [4.78, 5) is 32.4. The number of nitro groups is 3. The highest BCUT2D eigenvalue weighted by molar-refractivity contribution is 9.10. The molecule has 0 unspecified atom stereocenters. The smallest absolute Gasteiger partial charge is 0.306 e. The van der Waals surface area contributed by atoms with Crippen molar-refractivity contribution in [1.29, 1.82) is 0 Å². The van der Waals surface area contributed by atoms with Crippen LogP contribution in [0.5, 0.6) is 0 Å². The molecule has 0 aliphatic rings. The van der Waals surface area contributed by atoms with Crippen LogP contribution >= 0.6 is 39.1 Å². The van der Waals surface area contributed by atoms with Crippen LogP contribution < -0.4 is 4.90 Å². The van der Waals surface area contributed by atoms with Gasteiger partial charge >= 0.3 is 11.4 Å². The second-order valence-electron chi connectivity index (χ2n) is 5.07. The molecule has 2 aromatic rings. The van der Waals surface area contributed by atoms with Crippen LogP contribution in [0.3, 0.4) is 0 Å². The highest BCUT2D eigenvalue weighted by Gasteiger charge is 2.35. The summed E-state index contributed by atoms with van der Waals surface area (Å²) in [5.74, 6) is 0. The molecule has 0 radical (unpaired) electrons. The summed E-state index contributed by atoms with van der Waals surface area (Å²) in [6, 6.07) is 4.25. The number of non-ortho nitro benzene ring substituents is 1. The van der Waals surface area contributed by atoms with Crippen LogP contribution in [0, 0.1) is 30.3 Å². The van der Waals surface area contributed by atoms with Crippen LogP contribution in [0.1, 0.15) is 6.92 Å². The van der Waals surface area contributed by atoms with E-state index in [1.54, 1.807) is 6.92 Å². The van der Waals surface area contributed by atoms with E-state index in [1.165, 1.54) is 17.0 Å². The lowest BCUT2D eigenvalue weighted by molar-refractivity contribution is -0.402. The van der Waals surface area contributed by atoms with Crippen molar-refractivity contribution >= 4 is 67.6 Å². The largest absolute Gasteiger partial charge is 0.328 e. The van der Waals surface area contributed by atoms with Gasteiger partial charge in [-0.1, -0.05) is 39.1 Å². The number of hydrogen-bond donors (Lipinski definition) is 0. The van der Waals surface area contributed by atoms with Gasteiger partial charge in [0.1, 0.15) is 0 Å². The SMILES string of the molecule is CCN(c1c(Cl)cc(Br)cc1Cl)c1c([N+](=O)[O-])cc([N+](=O)[O-])cc1[N+](=O)[O-]. The molecular weight excluding hydrogens is 471 g/mol. The van der Waals surface area contributed by atoms with Crippen molar-refractivity contribution in [1.82, 2.24) is 0 Å². The molecule has 13 heteroatoms. The lowest BCUT2D eigenvalue weighted by Crippen LogP contribution is -2.20. The third kappa shape index (κ3) is 4.10. The number of anilines is 2. The summed E-state index contributed by atoms with van der Waals surface area (Å²) in [6.07, 6.45) is 0. The van der Waals surface area contributed by atoms with Crippen molar-refractivity contribution < 1.29 is 14.8 Å². The number of halogens is 3. The zero-order chi connectivity index (χ0) is 20.5. The maximum absolute atomic E-state index is 11.5. The first-order valence-electron chi connectivity index (χ1n) is 7.11. The zero-order valence-corrected chi connectivity index (χ0v) is 16.5. The molecule has 27 heavy (non-hydrogen) atoms. The first-order chi connectivity index (χ1) is 12.6. The second-order valence-corrected chi connectivity index (χ2v) is 6.80. The Morgan fingerprint density at radius 1 is 0.889 bits per heavy atom. The highest BCUT2D eigenvalue weighted by Crippen LogP contribution is 2.47. The summed E-state index contributed by atoms with van der Waals surface area (Å²) < 4.78 is 0.532. The Kier molecular flexibility index (Phi) is 6.19. The first kappa shape index (κ1) is 20.8. The maximum Gasteiger partial charge on any atom is 0.306 e. The summed E-state index contributed by atoms with van der Waals surface area (Å²) in [5, 5.41) is 34.2. The molecule has 0 aliphatic carbocycles. The normalized spacial score (nSPS) is 10.5. The van der Waals surface area contributed by atoms with Crippen molar-refractivity contribution in [3.05, 3.63) is 69.1 Å². The van der Waals surface area contributed by atoms with Crippen LogP contribution in [0.15, 0.2) is 28.7 Å². The molecule has 10 nitrogen and oxygen atoms in total. The third-order valence-corrected chi connectivity index (χ3v) is 4.53. The van der Waals surface area contributed by atoms with Gasteiger partial charge in [-0.15, -0.1) is 0 Å². The number of benzene rings is 2. The van der Waals surface area contributed by atoms with Gasteiger partial charge in [0.05, 0.1) is 42.6 Å². The minimum atomic E-state index is -0.945. The van der Waals surface area contributed by atoms with E-state index < -0.39 is 37.5 Å². The van der Waals surface area contributed by atoms with Crippen LogP contribution in [-0.2, 0) is 0 Å². The molecule has 0 saturated carbocycles. The molecule has 0 bridgehead atoms. The topological polar surface area (TPSA) is 133 Å². The van der Waals surface area contributed by atoms with Crippen molar-refractivity contribution in [3.63, 3.8) is 0 Å². The molecule has 0 atom stereocenters. The Labute approximate surface area is 169 Å². The molecule has 0 aromatic heterocycles. The Morgan fingerprint density at radius 3 is 1.67 bits per heavy atom. The zero-order valence-electron chi connectivity index (χ0n) is 13.4. The van der Waals surface area contributed by atoms with Crippen molar-refractivity contribution in [2.75, 3.05) is 11.4 Å². The van der Waals surface area contributed by atoms with Gasteiger partial charge in [-0.2, -0.15) is 0 Å². The fourth-order valence-electron chi connectivity index (χ4n) is 2.47. The van der Waals surface area contributed by atoms with E-state index >= 15 is 0 Å². The number of hydrogen-bond acceptors (Lipinski definition) is 7. The molecule has 2 rings (SSSR count). The standard InChI is InChI=1S/C14H9BrCl2N4O6/c1-2-18(13-9(16)3-7(15)4-10(13)17)14-11(20(24)25)5-8(19(22)23)6-12(14)21(26)27/h3-6H,2H2,1H3. The Bertz CT molecular complexity index is 913. The predicted octanol–water partition coefficient (Wildman–Crippen LogP) is 5.64. The van der Waals surface area contributed by atoms with Gasteiger partial charge in [0.25, 0.3) is 5.69 Å². The summed E-state index contributed by atoms with van der Waals surface area (Å²) in [6.45, 7) is 1.59. The minimum Gasteiger partial charge on any atom is -0.328 e. The number of nitro benzene ring substituents is 3. The molecule has 2 aromatic carbocycles. The second kappa shape index (κ2) is 8.03. The summed E-state index contributed by atoms with van der Waals surface area (Å²) in [7, 11) is 0. The van der Waals surface area contributed by atoms with E-state index in [0.717, 1.165) is 0 Å². The Morgan fingerprint density at radius 2 is 1.33 bits per heavy atom. The summed E-state index contributed by atoms with van der Waals surface area (Å²) in [5.41, 5.74) is -2.75. The van der Waals surface area contributed by atoms with Crippen LogP contribution in [0.25, 0.3) is 0 Å². The highest BCUT2D eigenvalue weighted by atomic mass is 79.9. The van der Waals surface area contributed by atoms with Crippen LogP contribution in [0.2, 0.25) is 10.0 Å². The monoisotopic (exact) mass is 478 g/mol. The molecule has 0 aliphatic heterocycles. The van der Waals surface area contributed by atoms with Gasteiger partial charge in [0.2, 0.25) is 0 Å². The maximum atomic E-state index is 11.5. The molecule has 0 N–H and O–H groups in total. The molecule has 0 fully saturated rings. The van der Waals surface area contributed by atoms with Gasteiger partial charge in [-0.3, -0.25) is 30.3 Å². The fourth-order valence-corrected chi connectivity index (χ4v) is 3.88. The molecule has 0 heterocycles. The van der Waals surface area contributed by atoms with E-state index in [2.05, 4.69) is 15.9 Å². The van der Waals surface area contributed by atoms with Gasteiger partial charge in [0, 0.05) is 11.0 Å². The average Bonchev–Trinajstić information content (AvgIpc) is 2.56. The lowest BCUT2D eigenvalue weighted by atomic mass is 10.1. The van der Waals surface area contributed by atoms with E-state index in [0.29, 0.717) is 16.6 Å². The molecule has 0 amide bonds. The van der Waals surface area contributed by atoms with Crippen molar-refractivity contribution in [3.8, 4) is 0 Å². The van der Waals surface area contributed by atoms with Crippen LogP contribution in [0.4, 0.5) is 28.4 Å². The van der Waals surface area contributed by atoms with Crippen molar-refractivity contribution in [2.45, 2.75) is 6.92 Å². The predicted molar refractivity (Wildman–Crippen MR) is 103 cm³/mol. The lowest BCUT2D eigenvalue weighted by Gasteiger charge is -2.25. The van der Waals surface area contributed by atoms with E-state index in [1.807, 2.05) is 0 Å². The number of rotatable bonds is 6. The quantitative estimate of drug-likeness (QED) is 0.386. The molecule has 142 valence electrons. The van der Waals surface area contributed by atoms with Gasteiger partial charge in [-0.25, -0.2) is 0 Å². The van der Waals surface area contributed by atoms with E-state index in [-0.39, 0.29) is 22.3 Å². The van der Waals surface area contributed by atoms with Crippen LogP contribution in [-0.4, -0.2) is 21.3 Å². The minimum absolute atomic E-state index is 0.0144. The van der Waals surface area contributed by atoms with Gasteiger partial charge in [0.15, 0.2) is 5.69 Å². The van der Waals surface area contributed by atoms with Gasteiger partial charge < -0.3 is 4.90 Å². The number of nitrogens with zero attached hydrogens (tertiary/aromatic N) is 4. The molecular formula is C14H9BrCl2N4O6. The third-order valence-electron chi connectivity index (χ3n) is 3.50. The van der Waals surface area contributed by atoms with Crippen molar-refractivity contribution in [2.24, 2.45) is 0 Å². The Balaban J connectivity index is 2.91. The molecule has 0 saturated heterocycles. The molecule has 0 spiro atoms. The fraction of sp³-hybridized carbons (Fsp3) is 0.143.